The minimum absolute atomic E-state index is 0.00600. The summed E-state index contributed by atoms with van der Waals surface area (Å²) < 4.78 is 32.8. The molecule has 37 heavy (non-hydrogen) atoms. The van der Waals surface area contributed by atoms with E-state index in [9.17, 15) is 8.42 Å². The van der Waals surface area contributed by atoms with E-state index in [2.05, 4.69) is 23.7 Å². The Morgan fingerprint density at radius 1 is 1.14 bits per heavy atom. The van der Waals surface area contributed by atoms with Gasteiger partial charge in [-0.15, -0.1) is 0 Å². The lowest BCUT2D eigenvalue weighted by Crippen LogP contribution is -2.31. The number of sulfonamides is 1. The van der Waals surface area contributed by atoms with Gasteiger partial charge in [-0.25, -0.2) is 27.7 Å². The zero-order valence-corrected chi connectivity index (χ0v) is 22.9. The van der Waals surface area contributed by atoms with Crippen LogP contribution in [0.4, 0.5) is 11.6 Å². The van der Waals surface area contributed by atoms with Crippen molar-refractivity contribution in [1.82, 2.24) is 19.3 Å². The minimum Gasteiger partial charge on any atom is -0.491 e. The topological polar surface area (TPSA) is 115 Å². The van der Waals surface area contributed by atoms with E-state index in [1.54, 1.807) is 12.3 Å². The fourth-order valence-corrected chi connectivity index (χ4v) is 6.07. The molecular formula is C27H34N6O3S. The van der Waals surface area contributed by atoms with Gasteiger partial charge in [0.15, 0.2) is 0 Å². The fourth-order valence-electron chi connectivity index (χ4n) is 5.08. The molecule has 2 N–H and O–H groups in total. The fraction of sp³-hybridized carbons (Fsp3) is 0.444. The first-order chi connectivity index (χ1) is 17.4. The van der Waals surface area contributed by atoms with Crippen LogP contribution < -0.4 is 15.4 Å². The van der Waals surface area contributed by atoms with Gasteiger partial charge in [0, 0.05) is 49.2 Å². The molecule has 0 saturated carbocycles. The summed E-state index contributed by atoms with van der Waals surface area (Å²) in [5.74, 6) is 2.57. The van der Waals surface area contributed by atoms with Crippen molar-refractivity contribution in [2.45, 2.75) is 51.5 Å². The summed E-state index contributed by atoms with van der Waals surface area (Å²) in [5.41, 5.74) is 11.1. The Kier molecular flexibility index (Phi) is 6.35. The molecule has 5 rings (SSSR count). The lowest BCUT2D eigenvalue weighted by atomic mass is 9.76. The molecule has 0 amide bonds. The third kappa shape index (κ3) is 4.87. The molecule has 0 spiro atoms. The summed E-state index contributed by atoms with van der Waals surface area (Å²) in [4.78, 5) is 16.1. The van der Waals surface area contributed by atoms with Crippen LogP contribution in [-0.2, 0) is 29.4 Å². The first kappa shape index (κ1) is 25.4. The summed E-state index contributed by atoms with van der Waals surface area (Å²) in [5, 5.41) is 0. The molecule has 1 aliphatic heterocycles. The van der Waals surface area contributed by atoms with Crippen LogP contribution in [0, 0.1) is 12.3 Å². The number of ether oxygens (including phenoxy) is 1. The zero-order valence-electron chi connectivity index (χ0n) is 22.1. The zero-order chi connectivity index (χ0) is 26.5. The van der Waals surface area contributed by atoms with E-state index < -0.39 is 10.0 Å². The van der Waals surface area contributed by atoms with E-state index in [1.165, 1.54) is 19.7 Å². The second-order valence-corrected chi connectivity index (χ2v) is 13.0. The number of nitrogens with two attached hydrogens (primary N) is 1. The summed E-state index contributed by atoms with van der Waals surface area (Å²) >= 11 is 0. The number of hydrogen-bond donors (Lipinski definition) is 1. The van der Waals surface area contributed by atoms with Crippen molar-refractivity contribution in [1.29, 1.82) is 0 Å². The number of anilines is 2. The molecule has 0 unspecified atom stereocenters. The van der Waals surface area contributed by atoms with Gasteiger partial charge in [-0.05, 0) is 55.4 Å². The molecule has 10 heteroatoms. The Morgan fingerprint density at radius 2 is 1.92 bits per heavy atom. The lowest BCUT2D eigenvalue weighted by molar-refractivity contribution is 0.310. The van der Waals surface area contributed by atoms with Gasteiger partial charge in [0.1, 0.15) is 34.7 Å². The van der Waals surface area contributed by atoms with E-state index in [0.29, 0.717) is 25.3 Å². The lowest BCUT2D eigenvalue weighted by Gasteiger charge is -2.34. The van der Waals surface area contributed by atoms with Crippen molar-refractivity contribution in [3.8, 4) is 16.9 Å². The highest BCUT2D eigenvalue weighted by Crippen LogP contribution is 2.39. The molecule has 2 aliphatic rings. The van der Waals surface area contributed by atoms with Gasteiger partial charge in [-0.1, -0.05) is 19.9 Å². The normalized spacial score (nSPS) is 17.1. The smallest absolute Gasteiger partial charge is 0.246 e. The van der Waals surface area contributed by atoms with Gasteiger partial charge in [-0.2, -0.15) is 0 Å². The van der Waals surface area contributed by atoms with Crippen LogP contribution in [0.3, 0.4) is 0 Å². The molecule has 2 aromatic heterocycles. The highest BCUT2D eigenvalue weighted by Gasteiger charge is 2.31. The van der Waals surface area contributed by atoms with E-state index in [4.69, 9.17) is 20.4 Å². The van der Waals surface area contributed by atoms with Crippen LogP contribution >= 0.6 is 0 Å². The molecule has 0 atom stereocenters. The van der Waals surface area contributed by atoms with E-state index >= 15 is 0 Å². The third-order valence-electron chi connectivity index (χ3n) is 7.19. The maximum Gasteiger partial charge on any atom is 0.246 e. The molecular weight excluding hydrogens is 488 g/mol. The molecule has 3 aromatic rings. The van der Waals surface area contributed by atoms with Crippen molar-refractivity contribution in [2.75, 3.05) is 37.9 Å². The average molecular weight is 523 g/mol. The highest BCUT2D eigenvalue weighted by molar-refractivity contribution is 7.89. The molecule has 0 saturated heterocycles. The molecule has 3 heterocycles. The largest absolute Gasteiger partial charge is 0.491 e. The number of pyridine rings is 1. The summed E-state index contributed by atoms with van der Waals surface area (Å²) in [6.07, 6.45) is 4.63. The minimum atomic E-state index is -3.73. The van der Waals surface area contributed by atoms with E-state index in [1.807, 2.05) is 25.1 Å². The van der Waals surface area contributed by atoms with Crippen molar-refractivity contribution >= 4 is 21.7 Å². The Labute approximate surface area is 218 Å². The molecule has 1 aliphatic carbocycles. The SMILES string of the molecule is Cc1nc2c(c(N3CCOc4ccc(-c5cnc(N)c(S(=O)(=O)N(C)C)c5)cc4C3)n1)CC(C)(C)CC2. The summed E-state index contributed by atoms with van der Waals surface area (Å²) in [6.45, 7) is 8.44. The quantitative estimate of drug-likeness (QED) is 0.553. The number of rotatable bonds is 4. The van der Waals surface area contributed by atoms with Crippen LogP contribution in [0.25, 0.3) is 11.1 Å². The number of nitrogens with zero attached hydrogens (tertiary/aromatic N) is 5. The Morgan fingerprint density at radius 3 is 2.68 bits per heavy atom. The van der Waals surface area contributed by atoms with Gasteiger partial charge in [0.2, 0.25) is 10.0 Å². The van der Waals surface area contributed by atoms with E-state index in [0.717, 1.165) is 57.8 Å². The molecule has 1 aromatic carbocycles. The summed E-state index contributed by atoms with van der Waals surface area (Å²) in [6, 6.07) is 7.49. The van der Waals surface area contributed by atoms with Crippen LogP contribution in [0.1, 0.15) is 42.9 Å². The van der Waals surface area contributed by atoms with Crippen LogP contribution in [0.5, 0.6) is 5.75 Å². The Balaban J connectivity index is 1.53. The van der Waals surface area contributed by atoms with Crippen LogP contribution in [0.15, 0.2) is 35.4 Å². The first-order valence-electron chi connectivity index (χ1n) is 12.5. The first-order valence-corrected chi connectivity index (χ1v) is 13.9. The number of hydrogen-bond acceptors (Lipinski definition) is 8. The monoisotopic (exact) mass is 522 g/mol. The number of aromatic nitrogens is 3. The van der Waals surface area contributed by atoms with E-state index in [-0.39, 0.29) is 16.1 Å². The molecule has 0 fully saturated rings. The predicted molar refractivity (Wildman–Crippen MR) is 144 cm³/mol. The van der Waals surface area contributed by atoms with Gasteiger partial charge in [0.25, 0.3) is 0 Å². The Hall–Kier alpha value is -3.24. The maximum atomic E-state index is 12.8. The van der Waals surface area contributed by atoms with Crippen molar-refractivity contribution in [2.24, 2.45) is 5.41 Å². The summed E-state index contributed by atoms with van der Waals surface area (Å²) in [7, 11) is -0.777. The van der Waals surface area contributed by atoms with Crippen molar-refractivity contribution in [3.05, 3.63) is 53.1 Å². The number of nitrogen functional groups attached to an aromatic ring is 1. The number of fused-ring (bicyclic) bond motifs is 2. The van der Waals surface area contributed by atoms with Gasteiger partial charge < -0.3 is 15.4 Å². The number of aryl methyl sites for hydroxylation is 2. The second kappa shape index (κ2) is 9.25. The van der Waals surface area contributed by atoms with Crippen molar-refractivity contribution < 1.29 is 13.2 Å². The Bertz CT molecular complexity index is 1470. The maximum absolute atomic E-state index is 12.8. The molecule has 0 bridgehead atoms. The van der Waals surface area contributed by atoms with Gasteiger partial charge in [0.05, 0.1) is 6.54 Å². The average Bonchev–Trinajstić information content (AvgIpc) is 3.05. The molecule has 196 valence electrons. The highest BCUT2D eigenvalue weighted by atomic mass is 32.2. The van der Waals surface area contributed by atoms with Gasteiger partial charge >= 0.3 is 0 Å². The predicted octanol–water partition coefficient (Wildman–Crippen LogP) is 3.59. The molecule has 0 radical (unpaired) electrons. The van der Waals surface area contributed by atoms with Crippen LogP contribution in [-0.4, -0.2) is 54.9 Å². The van der Waals surface area contributed by atoms with Gasteiger partial charge in [-0.3, -0.25) is 0 Å². The van der Waals surface area contributed by atoms with Crippen LogP contribution in [0.2, 0.25) is 0 Å². The molecule has 9 nitrogen and oxygen atoms in total. The number of benzene rings is 1. The second-order valence-electron chi connectivity index (χ2n) is 10.8. The van der Waals surface area contributed by atoms with Crippen molar-refractivity contribution in [3.63, 3.8) is 0 Å². The third-order valence-corrected chi connectivity index (χ3v) is 9.03. The standard InChI is InChI=1S/C27H34N6O3S/c1-17-30-22-8-9-27(2,3)14-21(22)26(31-17)33-10-11-36-23-7-6-18(12-20(23)16-33)19-13-24(25(28)29-15-19)37(34,35)32(4)5/h6-7,12-13,15H,8-11,14,16H2,1-5H3,(H2,28,29).